The summed E-state index contributed by atoms with van der Waals surface area (Å²) in [7, 11) is 0. The Balaban J connectivity index is 1.87. The molecular formula is C12H22N2S. The van der Waals surface area contributed by atoms with Crippen LogP contribution in [0.3, 0.4) is 0 Å². The van der Waals surface area contributed by atoms with E-state index in [-0.39, 0.29) is 0 Å². The first-order valence-electron chi connectivity index (χ1n) is 6.26. The van der Waals surface area contributed by atoms with Crippen molar-refractivity contribution in [3.8, 4) is 0 Å². The van der Waals surface area contributed by atoms with Gasteiger partial charge in [-0.3, -0.25) is 0 Å². The van der Waals surface area contributed by atoms with Crippen molar-refractivity contribution in [2.75, 3.05) is 13.1 Å². The monoisotopic (exact) mass is 226 g/mol. The van der Waals surface area contributed by atoms with Gasteiger partial charge in [0.15, 0.2) is 5.11 Å². The standard InChI is InChI=1S/C12H22N2S/c1-2-7-14(12(13)15)8-11(9-3-4-9)10-5-6-10/h9-11H,2-8H2,1H3,(H2,13,15). The van der Waals surface area contributed by atoms with Gasteiger partial charge in [0.25, 0.3) is 0 Å². The maximum absolute atomic E-state index is 5.77. The van der Waals surface area contributed by atoms with Crippen LogP contribution in [0.1, 0.15) is 39.0 Å². The smallest absolute Gasteiger partial charge is 0.166 e. The van der Waals surface area contributed by atoms with Crippen LogP contribution in [0.2, 0.25) is 0 Å². The van der Waals surface area contributed by atoms with Gasteiger partial charge in [-0.25, -0.2) is 0 Å². The molecule has 2 aliphatic rings. The van der Waals surface area contributed by atoms with E-state index in [1.165, 1.54) is 25.7 Å². The molecule has 2 saturated carbocycles. The van der Waals surface area contributed by atoms with Crippen LogP contribution in [-0.4, -0.2) is 23.1 Å². The Morgan fingerprint density at radius 1 is 1.33 bits per heavy atom. The van der Waals surface area contributed by atoms with Crippen molar-refractivity contribution < 1.29 is 0 Å². The Morgan fingerprint density at radius 3 is 2.20 bits per heavy atom. The van der Waals surface area contributed by atoms with Crippen molar-refractivity contribution in [1.29, 1.82) is 0 Å². The van der Waals surface area contributed by atoms with E-state index in [2.05, 4.69) is 11.8 Å². The number of nitrogens with two attached hydrogens (primary N) is 1. The SMILES string of the molecule is CCCN(CC(C1CC1)C1CC1)C(N)=S. The highest BCUT2D eigenvalue weighted by molar-refractivity contribution is 7.80. The molecule has 0 aromatic rings. The lowest BCUT2D eigenvalue weighted by Gasteiger charge is -2.27. The largest absolute Gasteiger partial charge is 0.376 e. The van der Waals surface area contributed by atoms with E-state index in [1.54, 1.807) is 0 Å². The van der Waals surface area contributed by atoms with Gasteiger partial charge >= 0.3 is 0 Å². The van der Waals surface area contributed by atoms with Gasteiger partial charge in [0, 0.05) is 13.1 Å². The Labute approximate surface area is 98.2 Å². The number of thiocarbonyl (C=S) groups is 1. The molecule has 0 radical (unpaired) electrons. The van der Waals surface area contributed by atoms with Crippen molar-refractivity contribution in [1.82, 2.24) is 4.90 Å². The van der Waals surface area contributed by atoms with E-state index in [0.29, 0.717) is 5.11 Å². The molecule has 0 atom stereocenters. The molecule has 2 aliphatic carbocycles. The average molecular weight is 226 g/mol. The zero-order valence-electron chi connectivity index (χ0n) is 9.61. The quantitative estimate of drug-likeness (QED) is 0.705. The van der Waals surface area contributed by atoms with Gasteiger partial charge in [-0.15, -0.1) is 0 Å². The maximum Gasteiger partial charge on any atom is 0.166 e. The minimum Gasteiger partial charge on any atom is -0.376 e. The zero-order chi connectivity index (χ0) is 10.8. The van der Waals surface area contributed by atoms with Crippen molar-refractivity contribution in [2.24, 2.45) is 23.5 Å². The van der Waals surface area contributed by atoms with Crippen LogP contribution in [0, 0.1) is 17.8 Å². The number of hydrogen-bond acceptors (Lipinski definition) is 1. The topological polar surface area (TPSA) is 29.3 Å². The van der Waals surface area contributed by atoms with Gasteiger partial charge < -0.3 is 10.6 Å². The molecule has 2 nitrogen and oxygen atoms in total. The van der Waals surface area contributed by atoms with Crippen molar-refractivity contribution >= 4 is 17.3 Å². The summed E-state index contributed by atoms with van der Waals surface area (Å²) in [4.78, 5) is 2.22. The summed E-state index contributed by atoms with van der Waals surface area (Å²) in [6, 6.07) is 0. The Hall–Kier alpha value is -0.310. The minimum absolute atomic E-state index is 0.600. The summed E-state index contributed by atoms with van der Waals surface area (Å²) in [6.07, 6.45) is 6.91. The molecule has 0 aromatic carbocycles. The lowest BCUT2D eigenvalue weighted by molar-refractivity contribution is 0.287. The molecule has 0 bridgehead atoms. The summed E-state index contributed by atoms with van der Waals surface area (Å²) in [5, 5.41) is 0.600. The zero-order valence-corrected chi connectivity index (χ0v) is 10.4. The van der Waals surface area contributed by atoms with E-state index in [1.807, 2.05) is 0 Å². The van der Waals surface area contributed by atoms with Gasteiger partial charge in [0.05, 0.1) is 0 Å². The fraction of sp³-hybridized carbons (Fsp3) is 0.917. The van der Waals surface area contributed by atoms with Gasteiger partial charge in [-0.05, 0) is 62.1 Å². The second-order valence-electron chi connectivity index (χ2n) is 5.12. The second kappa shape index (κ2) is 4.69. The molecule has 0 saturated heterocycles. The Kier molecular flexibility index (Phi) is 3.49. The summed E-state index contributed by atoms with van der Waals surface area (Å²) in [5.41, 5.74) is 5.77. The van der Waals surface area contributed by atoms with Crippen LogP contribution in [0.25, 0.3) is 0 Å². The first kappa shape index (κ1) is 11.2. The van der Waals surface area contributed by atoms with E-state index in [9.17, 15) is 0 Å². The predicted octanol–water partition coefficient (Wildman–Crippen LogP) is 2.38. The van der Waals surface area contributed by atoms with Crippen molar-refractivity contribution in [3.63, 3.8) is 0 Å². The summed E-state index contributed by atoms with van der Waals surface area (Å²) in [6.45, 7) is 4.35. The Morgan fingerprint density at radius 2 is 1.87 bits per heavy atom. The Bertz CT molecular complexity index is 222. The number of hydrogen-bond donors (Lipinski definition) is 1. The molecule has 2 N–H and O–H groups in total. The third-order valence-corrected chi connectivity index (χ3v) is 3.95. The van der Waals surface area contributed by atoms with Gasteiger partial charge in [-0.1, -0.05) is 6.92 Å². The highest BCUT2D eigenvalue weighted by atomic mass is 32.1. The second-order valence-corrected chi connectivity index (χ2v) is 5.54. The summed E-state index contributed by atoms with van der Waals surface area (Å²) >= 11 is 5.12. The van der Waals surface area contributed by atoms with Gasteiger partial charge in [0.1, 0.15) is 0 Å². The van der Waals surface area contributed by atoms with Crippen LogP contribution in [-0.2, 0) is 0 Å². The first-order chi connectivity index (χ1) is 7.22. The van der Waals surface area contributed by atoms with Crippen molar-refractivity contribution in [3.05, 3.63) is 0 Å². The lowest BCUT2D eigenvalue weighted by atomic mass is 9.97. The van der Waals surface area contributed by atoms with Gasteiger partial charge in [0.2, 0.25) is 0 Å². The lowest BCUT2D eigenvalue weighted by Crippen LogP contribution is -2.40. The molecule has 0 unspecified atom stereocenters. The molecule has 0 spiro atoms. The molecule has 0 heterocycles. The molecule has 0 aliphatic heterocycles. The average Bonchev–Trinajstić information content (AvgIpc) is 3.02. The van der Waals surface area contributed by atoms with E-state index < -0.39 is 0 Å². The van der Waals surface area contributed by atoms with Crippen LogP contribution < -0.4 is 5.73 Å². The van der Waals surface area contributed by atoms with Crippen LogP contribution >= 0.6 is 12.2 Å². The van der Waals surface area contributed by atoms with Crippen molar-refractivity contribution in [2.45, 2.75) is 39.0 Å². The highest BCUT2D eigenvalue weighted by Gasteiger charge is 2.42. The van der Waals surface area contributed by atoms with E-state index in [4.69, 9.17) is 18.0 Å². The third kappa shape index (κ3) is 3.07. The molecule has 15 heavy (non-hydrogen) atoms. The van der Waals surface area contributed by atoms with Crippen LogP contribution in [0.15, 0.2) is 0 Å². The van der Waals surface area contributed by atoms with Crippen LogP contribution in [0.4, 0.5) is 0 Å². The first-order valence-corrected chi connectivity index (χ1v) is 6.67. The molecule has 86 valence electrons. The molecule has 2 rings (SSSR count). The molecule has 0 aromatic heterocycles. The fourth-order valence-electron chi connectivity index (χ4n) is 2.55. The van der Waals surface area contributed by atoms with Crippen LogP contribution in [0.5, 0.6) is 0 Å². The molecular weight excluding hydrogens is 204 g/mol. The molecule has 0 amide bonds. The third-order valence-electron chi connectivity index (χ3n) is 3.69. The summed E-state index contributed by atoms with van der Waals surface area (Å²) in [5.74, 6) is 2.87. The molecule has 3 heteroatoms. The number of rotatable bonds is 6. The maximum atomic E-state index is 5.77. The molecule has 2 fully saturated rings. The predicted molar refractivity (Wildman–Crippen MR) is 67.6 cm³/mol. The highest BCUT2D eigenvalue weighted by Crippen LogP contribution is 2.49. The van der Waals surface area contributed by atoms with Gasteiger partial charge in [-0.2, -0.15) is 0 Å². The number of nitrogens with zero attached hydrogens (tertiary/aromatic N) is 1. The fourth-order valence-corrected chi connectivity index (χ4v) is 2.71. The summed E-state index contributed by atoms with van der Waals surface area (Å²) < 4.78 is 0. The van der Waals surface area contributed by atoms with E-state index in [0.717, 1.165) is 37.3 Å². The normalized spacial score (nSPS) is 20.7. The minimum atomic E-state index is 0.600. The van der Waals surface area contributed by atoms with E-state index >= 15 is 0 Å².